The van der Waals surface area contributed by atoms with E-state index in [1.165, 1.54) is 6.42 Å². The lowest BCUT2D eigenvalue weighted by Crippen LogP contribution is -2.47. The lowest BCUT2D eigenvalue weighted by atomic mass is 9.95. The maximum atomic E-state index is 11.1. The van der Waals surface area contributed by atoms with Gasteiger partial charge in [-0.15, -0.1) is 0 Å². The molecule has 1 atom stereocenters. The highest BCUT2D eigenvalue weighted by Gasteiger charge is 2.29. The van der Waals surface area contributed by atoms with Crippen LogP contribution >= 0.6 is 0 Å². The van der Waals surface area contributed by atoms with Gasteiger partial charge in [0.05, 0.1) is 0 Å². The lowest BCUT2D eigenvalue weighted by molar-refractivity contribution is -0.144. The van der Waals surface area contributed by atoms with Crippen molar-refractivity contribution in [3.8, 4) is 0 Å². The fourth-order valence-corrected chi connectivity index (χ4v) is 1.79. The van der Waals surface area contributed by atoms with Crippen LogP contribution in [0.15, 0.2) is 0 Å². The fraction of sp³-hybridized carbons (Fsp3) is 0.929. The maximum absolute atomic E-state index is 11.1. The summed E-state index contributed by atoms with van der Waals surface area (Å²) in [6.07, 6.45) is 3.89. The molecule has 108 valence electrons. The first-order valence-electron chi connectivity index (χ1n) is 6.92. The van der Waals surface area contributed by atoms with Crippen molar-refractivity contribution >= 4 is 5.97 Å². The number of hydrogen-bond donors (Lipinski definition) is 2. The van der Waals surface area contributed by atoms with Gasteiger partial charge in [0.2, 0.25) is 0 Å². The molecule has 2 N–H and O–H groups in total. The Balaban J connectivity index is 3.75. The van der Waals surface area contributed by atoms with Gasteiger partial charge in [-0.2, -0.15) is 0 Å². The van der Waals surface area contributed by atoms with Crippen molar-refractivity contribution in [2.24, 2.45) is 5.92 Å². The Morgan fingerprint density at radius 1 is 1.33 bits per heavy atom. The van der Waals surface area contributed by atoms with E-state index in [0.29, 0.717) is 6.42 Å². The number of carboxylic acids is 1. The molecule has 0 heterocycles. The second-order valence-electron chi connectivity index (χ2n) is 5.83. The van der Waals surface area contributed by atoms with E-state index < -0.39 is 11.5 Å². The van der Waals surface area contributed by atoms with Gasteiger partial charge in [0, 0.05) is 0 Å². The van der Waals surface area contributed by atoms with Crippen LogP contribution in [0.5, 0.6) is 0 Å². The molecule has 0 aliphatic carbocycles. The van der Waals surface area contributed by atoms with Crippen molar-refractivity contribution in [2.75, 3.05) is 27.2 Å². The van der Waals surface area contributed by atoms with Gasteiger partial charge in [-0.05, 0) is 65.7 Å². The first kappa shape index (κ1) is 17.4. The average molecular weight is 258 g/mol. The maximum Gasteiger partial charge on any atom is 0.323 e. The van der Waals surface area contributed by atoms with Gasteiger partial charge in [-0.25, -0.2) is 0 Å². The van der Waals surface area contributed by atoms with Crippen LogP contribution in [0, 0.1) is 5.92 Å². The Morgan fingerprint density at radius 2 is 1.94 bits per heavy atom. The summed E-state index contributed by atoms with van der Waals surface area (Å²) in [5.74, 6) is -0.0230. The van der Waals surface area contributed by atoms with E-state index in [1.807, 2.05) is 0 Å². The van der Waals surface area contributed by atoms with Crippen LogP contribution in [-0.4, -0.2) is 48.7 Å². The molecule has 18 heavy (non-hydrogen) atoms. The summed E-state index contributed by atoms with van der Waals surface area (Å²) in [5, 5.41) is 12.0. The summed E-state index contributed by atoms with van der Waals surface area (Å²) in [5.41, 5.74) is -0.781. The van der Waals surface area contributed by atoms with Crippen LogP contribution < -0.4 is 5.32 Å². The van der Waals surface area contributed by atoms with Gasteiger partial charge in [-0.1, -0.05) is 13.8 Å². The predicted octanol–water partition coefficient (Wildman–Crippen LogP) is 2.20. The molecular weight excluding hydrogens is 228 g/mol. The predicted molar refractivity (Wildman–Crippen MR) is 75.9 cm³/mol. The number of aliphatic carboxylic acids is 1. The van der Waals surface area contributed by atoms with Gasteiger partial charge < -0.3 is 15.3 Å². The summed E-state index contributed by atoms with van der Waals surface area (Å²) in [4.78, 5) is 13.4. The third-order valence-corrected chi connectivity index (χ3v) is 3.58. The van der Waals surface area contributed by atoms with Crippen LogP contribution in [0.3, 0.4) is 0 Å². The molecule has 0 saturated heterocycles. The molecule has 4 heteroatoms. The van der Waals surface area contributed by atoms with E-state index in [4.69, 9.17) is 5.11 Å². The fourth-order valence-electron chi connectivity index (χ4n) is 1.79. The van der Waals surface area contributed by atoms with Crippen molar-refractivity contribution in [3.05, 3.63) is 0 Å². The van der Waals surface area contributed by atoms with E-state index in [-0.39, 0.29) is 0 Å². The molecule has 0 aromatic carbocycles. The van der Waals surface area contributed by atoms with Crippen molar-refractivity contribution in [1.82, 2.24) is 10.2 Å². The first-order valence-corrected chi connectivity index (χ1v) is 6.92. The Labute approximate surface area is 112 Å². The number of carboxylic acid groups (broad SMARTS) is 1. The first-order chi connectivity index (χ1) is 8.31. The Morgan fingerprint density at radius 3 is 2.39 bits per heavy atom. The van der Waals surface area contributed by atoms with E-state index in [9.17, 15) is 4.79 Å². The van der Waals surface area contributed by atoms with Gasteiger partial charge in [0.1, 0.15) is 5.54 Å². The summed E-state index contributed by atoms with van der Waals surface area (Å²) >= 11 is 0. The third-order valence-electron chi connectivity index (χ3n) is 3.58. The molecule has 0 radical (unpaired) electrons. The lowest BCUT2D eigenvalue weighted by Gasteiger charge is -2.24. The highest BCUT2D eigenvalue weighted by Crippen LogP contribution is 2.14. The van der Waals surface area contributed by atoms with Crippen LogP contribution in [0.1, 0.15) is 46.5 Å². The average Bonchev–Trinajstić information content (AvgIpc) is 2.31. The molecule has 0 bridgehead atoms. The van der Waals surface area contributed by atoms with Crippen LogP contribution in [0.25, 0.3) is 0 Å². The van der Waals surface area contributed by atoms with E-state index in [2.05, 4.69) is 31.1 Å². The number of unbranched alkanes of at least 4 members (excludes halogenated alkanes) is 1. The topological polar surface area (TPSA) is 52.6 Å². The standard InChI is InChI=1S/C14H30N2O2/c1-12(2)8-11-16(5)10-7-6-9-14(3,15-4)13(17)18/h12,15H,6-11H2,1-5H3,(H,17,18). The van der Waals surface area contributed by atoms with E-state index >= 15 is 0 Å². The minimum Gasteiger partial charge on any atom is -0.480 e. The third kappa shape index (κ3) is 6.97. The second kappa shape index (κ2) is 8.48. The zero-order valence-corrected chi connectivity index (χ0v) is 12.6. The molecule has 0 rings (SSSR count). The van der Waals surface area contributed by atoms with Crippen LogP contribution in [0.2, 0.25) is 0 Å². The summed E-state index contributed by atoms with van der Waals surface area (Å²) in [6.45, 7) is 8.39. The highest BCUT2D eigenvalue weighted by molar-refractivity contribution is 5.78. The van der Waals surface area contributed by atoms with Crippen molar-refractivity contribution in [1.29, 1.82) is 0 Å². The zero-order chi connectivity index (χ0) is 14.2. The minimum atomic E-state index is -0.781. The summed E-state index contributed by atoms with van der Waals surface area (Å²) < 4.78 is 0. The summed E-state index contributed by atoms with van der Waals surface area (Å²) in [6, 6.07) is 0. The second-order valence-corrected chi connectivity index (χ2v) is 5.83. The smallest absolute Gasteiger partial charge is 0.323 e. The quantitative estimate of drug-likeness (QED) is 0.590. The van der Waals surface area contributed by atoms with E-state index in [1.54, 1.807) is 14.0 Å². The molecule has 4 nitrogen and oxygen atoms in total. The monoisotopic (exact) mass is 258 g/mol. The Bertz CT molecular complexity index is 244. The van der Waals surface area contributed by atoms with E-state index in [0.717, 1.165) is 31.8 Å². The van der Waals surface area contributed by atoms with Gasteiger partial charge in [0.25, 0.3) is 0 Å². The number of carbonyl (C=O) groups is 1. The zero-order valence-electron chi connectivity index (χ0n) is 12.6. The van der Waals surface area contributed by atoms with Gasteiger partial charge in [0.15, 0.2) is 0 Å². The van der Waals surface area contributed by atoms with Crippen LogP contribution in [0.4, 0.5) is 0 Å². The molecule has 0 saturated carbocycles. The Kier molecular flexibility index (Phi) is 8.20. The molecule has 0 spiro atoms. The molecule has 0 aromatic heterocycles. The normalized spacial score (nSPS) is 15.1. The van der Waals surface area contributed by atoms with Gasteiger partial charge in [-0.3, -0.25) is 4.79 Å². The Hall–Kier alpha value is -0.610. The number of nitrogens with one attached hydrogen (secondary N) is 1. The molecule has 0 amide bonds. The minimum absolute atomic E-state index is 0.677. The summed E-state index contributed by atoms with van der Waals surface area (Å²) in [7, 11) is 3.85. The van der Waals surface area contributed by atoms with Gasteiger partial charge >= 0.3 is 5.97 Å². The molecular formula is C14H30N2O2. The number of nitrogens with zero attached hydrogens (tertiary/aromatic N) is 1. The molecule has 0 aliphatic rings. The van der Waals surface area contributed by atoms with Crippen molar-refractivity contribution < 1.29 is 9.90 Å². The molecule has 0 aliphatic heterocycles. The number of rotatable bonds is 10. The number of hydrogen-bond acceptors (Lipinski definition) is 3. The van der Waals surface area contributed by atoms with Crippen molar-refractivity contribution in [2.45, 2.75) is 52.0 Å². The van der Waals surface area contributed by atoms with Crippen molar-refractivity contribution in [3.63, 3.8) is 0 Å². The number of likely N-dealkylation sites (N-methyl/N-ethyl adjacent to an activating group) is 1. The molecule has 1 unspecified atom stereocenters. The molecule has 0 aromatic rings. The SMILES string of the molecule is CNC(C)(CCCCN(C)CCC(C)C)C(=O)O. The van der Waals surface area contributed by atoms with Crippen LogP contribution in [-0.2, 0) is 4.79 Å². The largest absolute Gasteiger partial charge is 0.480 e. The molecule has 0 fully saturated rings. The highest BCUT2D eigenvalue weighted by atomic mass is 16.4.